The lowest BCUT2D eigenvalue weighted by Crippen LogP contribution is -2.13. The smallest absolute Gasteiger partial charge is 0.275 e. The Morgan fingerprint density at radius 3 is 2.67 bits per heavy atom. The lowest BCUT2D eigenvalue weighted by atomic mass is 10.4. The quantitative estimate of drug-likeness (QED) is 0.690. The van der Waals surface area contributed by atoms with Crippen LogP contribution in [0.5, 0.6) is 0 Å². The Hall–Kier alpha value is -2.58. The number of amides is 1. The molecule has 0 aliphatic heterocycles. The maximum Gasteiger partial charge on any atom is 0.275 e. The van der Waals surface area contributed by atoms with Crippen molar-refractivity contribution in [3.63, 3.8) is 0 Å². The van der Waals surface area contributed by atoms with Gasteiger partial charge in [0, 0.05) is 23.0 Å². The van der Waals surface area contributed by atoms with Crippen molar-refractivity contribution in [1.29, 1.82) is 0 Å². The second kappa shape index (κ2) is 6.90. The van der Waals surface area contributed by atoms with Gasteiger partial charge in [-0.3, -0.25) is 4.79 Å². The van der Waals surface area contributed by atoms with Gasteiger partial charge < -0.3 is 10.6 Å². The highest BCUT2D eigenvalue weighted by molar-refractivity contribution is 7.14. The van der Waals surface area contributed by atoms with Crippen LogP contribution in [0.1, 0.15) is 21.9 Å². The van der Waals surface area contributed by atoms with E-state index in [1.807, 2.05) is 19.9 Å². The lowest BCUT2D eigenvalue weighted by Gasteiger charge is -2.04. The normalized spacial score (nSPS) is 10.5. The third-order valence-corrected chi connectivity index (χ3v) is 4.00. The van der Waals surface area contributed by atoms with Crippen molar-refractivity contribution in [1.82, 2.24) is 19.9 Å². The Labute approximate surface area is 147 Å². The van der Waals surface area contributed by atoms with Crippen LogP contribution in [0.15, 0.2) is 29.8 Å². The molecule has 0 atom stereocenters. The molecule has 24 heavy (non-hydrogen) atoms. The minimum Gasteiger partial charge on any atom is -0.318 e. The number of rotatable bonds is 4. The molecular weight excluding hydrogens is 348 g/mol. The van der Waals surface area contributed by atoms with Gasteiger partial charge in [-0.15, -0.1) is 11.3 Å². The maximum atomic E-state index is 12.2. The van der Waals surface area contributed by atoms with Crippen LogP contribution in [-0.2, 0) is 0 Å². The van der Waals surface area contributed by atoms with Crippen LogP contribution < -0.4 is 10.6 Å². The molecule has 2 N–H and O–H groups in total. The fourth-order valence-electron chi connectivity index (χ4n) is 1.98. The van der Waals surface area contributed by atoms with Gasteiger partial charge in [0.05, 0.1) is 5.69 Å². The van der Waals surface area contributed by atoms with Crippen molar-refractivity contribution in [2.24, 2.45) is 0 Å². The minimum atomic E-state index is -0.365. The van der Waals surface area contributed by atoms with Gasteiger partial charge in [0.2, 0.25) is 5.95 Å². The molecule has 3 aromatic heterocycles. The van der Waals surface area contributed by atoms with Gasteiger partial charge in [-0.1, -0.05) is 11.6 Å². The van der Waals surface area contributed by atoms with Gasteiger partial charge in [-0.05, 0) is 32.0 Å². The molecular formula is C15H13ClN6OS. The molecule has 3 rings (SSSR count). The predicted molar refractivity (Wildman–Crippen MR) is 94.1 cm³/mol. The molecule has 0 bridgehead atoms. The van der Waals surface area contributed by atoms with E-state index in [-0.39, 0.29) is 16.8 Å². The van der Waals surface area contributed by atoms with Crippen LogP contribution in [0.2, 0.25) is 5.15 Å². The number of hydrogen-bond donors (Lipinski definition) is 2. The van der Waals surface area contributed by atoms with Gasteiger partial charge >= 0.3 is 0 Å². The van der Waals surface area contributed by atoms with E-state index < -0.39 is 0 Å². The summed E-state index contributed by atoms with van der Waals surface area (Å²) in [5.41, 5.74) is 2.41. The van der Waals surface area contributed by atoms with E-state index in [9.17, 15) is 4.79 Å². The Balaban J connectivity index is 1.73. The highest BCUT2D eigenvalue weighted by Gasteiger charge is 2.13. The molecule has 0 saturated heterocycles. The van der Waals surface area contributed by atoms with Crippen molar-refractivity contribution >= 4 is 45.6 Å². The van der Waals surface area contributed by atoms with Gasteiger partial charge in [-0.25, -0.2) is 19.9 Å². The molecule has 1 amide bonds. The summed E-state index contributed by atoms with van der Waals surface area (Å²) in [7, 11) is 0. The molecule has 7 nitrogen and oxygen atoms in total. The number of nitrogens with zero attached hydrogens (tertiary/aromatic N) is 4. The van der Waals surface area contributed by atoms with E-state index in [0.29, 0.717) is 16.8 Å². The van der Waals surface area contributed by atoms with E-state index >= 15 is 0 Å². The number of aryl methyl sites for hydroxylation is 2. The summed E-state index contributed by atoms with van der Waals surface area (Å²) in [6.07, 6.45) is 1.55. The zero-order valence-corrected chi connectivity index (χ0v) is 14.4. The van der Waals surface area contributed by atoms with E-state index in [1.165, 1.54) is 11.3 Å². The van der Waals surface area contributed by atoms with Crippen molar-refractivity contribution < 1.29 is 4.79 Å². The summed E-state index contributed by atoms with van der Waals surface area (Å²) < 4.78 is 0. The average molecular weight is 361 g/mol. The summed E-state index contributed by atoms with van der Waals surface area (Å²) in [5, 5.41) is 8.08. The van der Waals surface area contributed by atoms with Gasteiger partial charge in [0.15, 0.2) is 10.3 Å². The van der Waals surface area contributed by atoms with Crippen LogP contribution in [0.4, 0.5) is 16.8 Å². The van der Waals surface area contributed by atoms with Crippen LogP contribution in [0.3, 0.4) is 0 Å². The monoisotopic (exact) mass is 360 g/mol. The number of nitrogens with one attached hydrogen (secondary N) is 2. The minimum absolute atomic E-state index is 0.225. The van der Waals surface area contributed by atoms with Crippen LogP contribution in [-0.4, -0.2) is 25.8 Å². The maximum absolute atomic E-state index is 12.2. The second-order valence-corrected chi connectivity index (χ2v) is 6.15. The van der Waals surface area contributed by atoms with E-state index in [1.54, 1.807) is 23.7 Å². The third-order valence-electron chi connectivity index (χ3n) is 2.95. The largest absolute Gasteiger partial charge is 0.318 e. The average Bonchev–Trinajstić information content (AvgIpc) is 2.97. The molecule has 0 aromatic carbocycles. The fraction of sp³-hybridized carbons (Fsp3) is 0.133. The molecule has 0 aliphatic rings. The SMILES string of the molecule is Cc1cc(C)nc(Nc2nc(C(=O)Nc3cccnc3Cl)cs2)n1. The number of carbonyl (C=O) groups excluding carboxylic acids is 1. The Bertz CT molecular complexity index is 877. The van der Waals surface area contributed by atoms with Crippen molar-refractivity contribution in [2.45, 2.75) is 13.8 Å². The fourth-order valence-corrected chi connectivity index (χ4v) is 2.83. The predicted octanol–water partition coefficient (Wildman–Crippen LogP) is 3.59. The summed E-state index contributed by atoms with van der Waals surface area (Å²) in [6.45, 7) is 3.77. The van der Waals surface area contributed by atoms with Crippen LogP contribution in [0, 0.1) is 13.8 Å². The topological polar surface area (TPSA) is 92.7 Å². The highest BCUT2D eigenvalue weighted by Crippen LogP contribution is 2.22. The molecule has 3 aromatic rings. The number of pyridine rings is 1. The first-order chi connectivity index (χ1) is 11.5. The molecule has 3 heterocycles. The summed E-state index contributed by atoms with van der Waals surface area (Å²) in [6, 6.07) is 5.23. The first-order valence-electron chi connectivity index (χ1n) is 6.98. The van der Waals surface area contributed by atoms with Gasteiger partial charge in [-0.2, -0.15) is 0 Å². The molecule has 9 heteroatoms. The first-order valence-corrected chi connectivity index (χ1v) is 8.24. The highest BCUT2D eigenvalue weighted by atomic mass is 35.5. The Morgan fingerprint density at radius 2 is 1.96 bits per heavy atom. The van der Waals surface area contributed by atoms with Crippen molar-refractivity contribution in [3.8, 4) is 0 Å². The summed E-state index contributed by atoms with van der Waals surface area (Å²) in [5.74, 6) is 0.0830. The third kappa shape index (κ3) is 3.84. The summed E-state index contributed by atoms with van der Waals surface area (Å²) >= 11 is 7.21. The molecule has 0 aliphatic carbocycles. The molecule has 0 radical (unpaired) electrons. The number of thiazole rings is 1. The van der Waals surface area contributed by atoms with Gasteiger partial charge in [0.25, 0.3) is 5.91 Å². The Morgan fingerprint density at radius 1 is 1.21 bits per heavy atom. The van der Waals surface area contributed by atoms with Crippen LogP contribution >= 0.6 is 22.9 Å². The first kappa shape index (κ1) is 16.3. The van der Waals surface area contributed by atoms with Crippen molar-refractivity contribution in [2.75, 3.05) is 10.6 Å². The molecule has 0 unspecified atom stereocenters. The number of aromatic nitrogens is 4. The van der Waals surface area contributed by atoms with E-state index in [0.717, 1.165) is 11.4 Å². The van der Waals surface area contributed by atoms with Crippen molar-refractivity contribution in [3.05, 3.63) is 52.0 Å². The molecule has 0 spiro atoms. The van der Waals surface area contributed by atoms with Gasteiger partial charge in [0.1, 0.15) is 5.69 Å². The summed E-state index contributed by atoms with van der Waals surface area (Å²) in [4.78, 5) is 28.9. The zero-order valence-electron chi connectivity index (χ0n) is 12.9. The van der Waals surface area contributed by atoms with Crippen LogP contribution in [0.25, 0.3) is 0 Å². The standard InChI is InChI=1S/C15H13ClN6OS/c1-8-6-9(2)19-14(18-8)22-15-21-11(7-24-15)13(23)20-10-4-3-5-17-12(10)16/h3-7H,1-2H3,(H,20,23)(H,18,19,21,22). The second-order valence-electron chi connectivity index (χ2n) is 4.93. The molecule has 0 saturated carbocycles. The molecule has 122 valence electrons. The van der Waals surface area contributed by atoms with E-state index in [4.69, 9.17) is 11.6 Å². The Kier molecular flexibility index (Phi) is 4.68. The number of hydrogen-bond acceptors (Lipinski definition) is 7. The lowest BCUT2D eigenvalue weighted by molar-refractivity contribution is 0.102. The number of anilines is 3. The number of halogens is 1. The van der Waals surface area contributed by atoms with E-state index in [2.05, 4.69) is 30.6 Å². The zero-order chi connectivity index (χ0) is 17.1. The number of carbonyl (C=O) groups is 1. The molecule has 0 fully saturated rings.